The van der Waals surface area contributed by atoms with E-state index in [1.54, 1.807) is 23.9 Å². The maximum absolute atomic E-state index is 14.4. The molecule has 2 aromatic rings. The molecule has 1 saturated carbocycles. The summed E-state index contributed by atoms with van der Waals surface area (Å²) in [6.45, 7) is 5.34. The Bertz CT molecular complexity index is 1150. The number of thioether (sulfide) groups is 1. The Morgan fingerprint density at radius 2 is 1.84 bits per heavy atom. The van der Waals surface area contributed by atoms with E-state index in [1.165, 1.54) is 6.07 Å². The maximum Gasteiger partial charge on any atom is 0.260 e. The third-order valence-electron chi connectivity index (χ3n) is 7.63. The van der Waals surface area contributed by atoms with Gasteiger partial charge in [-0.3, -0.25) is 14.5 Å². The van der Waals surface area contributed by atoms with Crippen molar-refractivity contribution in [3.63, 3.8) is 0 Å². The summed E-state index contributed by atoms with van der Waals surface area (Å²) >= 11 is 1.66. The molecule has 0 bridgehead atoms. The highest BCUT2D eigenvalue weighted by atomic mass is 32.2. The number of morpholine rings is 1. The Balaban J connectivity index is 1.22. The van der Waals surface area contributed by atoms with Crippen molar-refractivity contribution in [3.05, 3.63) is 75.9 Å². The van der Waals surface area contributed by atoms with Crippen LogP contribution in [0.25, 0.3) is 6.08 Å². The molecule has 2 heterocycles. The van der Waals surface area contributed by atoms with Gasteiger partial charge in [-0.1, -0.05) is 43.2 Å². The Kier molecular flexibility index (Phi) is 9.14. The van der Waals surface area contributed by atoms with Crippen LogP contribution in [0.3, 0.4) is 0 Å². The van der Waals surface area contributed by atoms with Gasteiger partial charge in [-0.15, -0.1) is 11.8 Å². The lowest BCUT2D eigenvalue weighted by atomic mass is 9.92. The van der Waals surface area contributed by atoms with E-state index >= 15 is 0 Å². The lowest BCUT2D eigenvalue weighted by Gasteiger charge is -2.44. The van der Waals surface area contributed by atoms with Crippen LogP contribution in [0.5, 0.6) is 0 Å². The van der Waals surface area contributed by atoms with Crippen LogP contribution in [0.1, 0.15) is 53.6 Å². The molecule has 0 radical (unpaired) electrons. The minimum Gasteiger partial charge on any atom is -0.379 e. The van der Waals surface area contributed by atoms with Crippen molar-refractivity contribution in [2.24, 2.45) is 0 Å². The van der Waals surface area contributed by atoms with Crippen molar-refractivity contribution in [1.29, 1.82) is 0 Å². The summed E-state index contributed by atoms with van der Waals surface area (Å²) in [4.78, 5) is 31.1. The fourth-order valence-corrected chi connectivity index (χ4v) is 6.96. The van der Waals surface area contributed by atoms with Crippen LogP contribution in [0.15, 0.2) is 53.4 Å². The molecule has 3 fully saturated rings. The molecule has 1 aliphatic carbocycles. The number of carbonyl (C=O) groups excluding carboxylic acids is 2. The summed E-state index contributed by atoms with van der Waals surface area (Å²) in [5.74, 6) is -0.398. The number of nitrogens with one attached hydrogen (secondary N) is 1. The number of carbonyl (C=O) groups is 2. The van der Waals surface area contributed by atoms with E-state index in [4.69, 9.17) is 4.74 Å². The molecule has 2 amide bonds. The van der Waals surface area contributed by atoms with Gasteiger partial charge in [-0.05, 0) is 55.6 Å². The van der Waals surface area contributed by atoms with Gasteiger partial charge in [0, 0.05) is 48.6 Å². The molecule has 2 atom stereocenters. The van der Waals surface area contributed by atoms with Gasteiger partial charge >= 0.3 is 0 Å². The van der Waals surface area contributed by atoms with Gasteiger partial charge in [0.1, 0.15) is 5.82 Å². The molecule has 2 saturated heterocycles. The van der Waals surface area contributed by atoms with Gasteiger partial charge in [-0.2, -0.15) is 0 Å². The standard InChI is InChI=1S/C30H36FN3O3S/c31-25-7-2-1-6-24(25)21-34-26-8-3-4-9-27(26)38-28(30(34)36)20-22-10-12-23(13-11-22)29(35)32-14-5-15-33-16-18-37-19-17-33/h1-2,6-7,10-13,20,26-27H,3-5,8-9,14-19,21H2,(H,32,35)/b28-20-. The second kappa shape index (κ2) is 12.9. The van der Waals surface area contributed by atoms with Crippen molar-refractivity contribution in [3.8, 4) is 0 Å². The third kappa shape index (κ3) is 6.65. The minimum absolute atomic E-state index is 0.0384. The predicted molar refractivity (Wildman–Crippen MR) is 149 cm³/mol. The van der Waals surface area contributed by atoms with E-state index in [0.717, 1.165) is 70.5 Å². The van der Waals surface area contributed by atoms with E-state index < -0.39 is 0 Å². The molecule has 38 heavy (non-hydrogen) atoms. The molecule has 1 N–H and O–H groups in total. The lowest BCUT2D eigenvalue weighted by molar-refractivity contribution is -0.130. The largest absolute Gasteiger partial charge is 0.379 e. The summed E-state index contributed by atoms with van der Waals surface area (Å²) < 4.78 is 19.8. The number of rotatable bonds is 8. The summed E-state index contributed by atoms with van der Waals surface area (Å²) in [6.07, 6.45) is 7.08. The van der Waals surface area contributed by atoms with Crippen LogP contribution in [0.2, 0.25) is 0 Å². The van der Waals surface area contributed by atoms with Gasteiger partial charge in [-0.25, -0.2) is 4.39 Å². The second-order valence-corrected chi connectivity index (χ2v) is 11.5. The highest BCUT2D eigenvalue weighted by Gasteiger charge is 2.40. The zero-order valence-corrected chi connectivity index (χ0v) is 22.6. The molecule has 3 aliphatic rings. The molecule has 2 aromatic carbocycles. The van der Waals surface area contributed by atoms with Gasteiger partial charge in [0.2, 0.25) is 0 Å². The van der Waals surface area contributed by atoms with Crippen LogP contribution in [-0.2, 0) is 16.1 Å². The SMILES string of the molecule is O=C(NCCCN1CCOCC1)c1ccc(/C=C2\SC3CCCCC3N(Cc3ccccc3F)C2=O)cc1. The molecular formula is C30H36FN3O3S. The van der Waals surface area contributed by atoms with E-state index in [0.29, 0.717) is 27.8 Å². The second-order valence-electron chi connectivity index (χ2n) is 10.2. The summed E-state index contributed by atoms with van der Waals surface area (Å²) in [6, 6.07) is 14.2. The molecule has 6 nitrogen and oxygen atoms in total. The number of halogens is 1. The van der Waals surface area contributed by atoms with Gasteiger partial charge < -0.3 is 15.0 Å². The maximum atomic E-state index is 14.4. The lowest BCUT2D eigenvalue weighted by Crippen LogP contribution is -2.50. The van der Waals surface area contributed by atoms with E-state index in [9.17, 15) is 14.0 Å². The van der Waals surface area contributed by atoms with Gasteiger partial charge in [0.05, 0.1) is 18.1 Å². The Morgan fingerprint density at radius 3 is 2.63 bits per heavy atom. The van der Waals surface area contributed by atoms with Crippen LogP contribution < -0.4 is 5.32 Å². The topological polar surface area (TPSA) is 61.9 Å². The first kappa shape index (κ1) is 26.9. The molecule has 5 rings (SSSR count). The van der Waals surface area contributed by atoms with E-state index in [1.807, 2.05) is 41.3 Å². The number of fused-ring (bicyclic) bond motifs is 1. The average Bonchev–Trinajstić information content (AvgIpc) is 2.95. The molecular weight excluding hydrogens is 501 g/mol. The first-order chi connectivity index (χ1) is 18.6. The number of ether oxygens (including phenoxy) is 1. The summed E-state index contributed by atoms with van der Waals surface area (Å²) in [5.41, 5.74) is 2.04. The fourth-order valence-electron chi connectivity index (χ4n) is 5.49. The van der Waals surface area contributed by atoms with Gasteiger partial charge in [0.15, 0.2) is 0 Å². The minimum atomic E-state index is -0.272. The number of nitrogens with zero attached hydrogens (tertiary/aromatic N) is 2. The molecule has 8 heteroatoms. The van der Waals surface area contributed by atoms with Crippen LogP contribution in [-0.4, -0.2) is 72.3 Å². The number of benzene rings is 2. The van der Waals surface area contributed by atoms with E-state index in [-0.39, 0.29) is 30.2 Å². The van der Waals surface area contributed by atoms with Crippen LogP contribution in [0.4, 0.5) is 4.39 Å². The van der Waals surface area contributed by atoms with Crippen LogP contribution in [0, 0.1) is 5.82 Å². The normalized spacial score (nSPS) is 23.3. The first-order valence-electron chi connectivity index (χ1n) is 13.7. The third-order valence-corrected chi connectivity index (χ3v) is 9.03. The molecule has 2 unspecified atom stereocenters. The Labute approximate surface area is 228 Å². The predicted octanol–water partition coefficient (Wildman–Crippen LogP) is 4.71. The number of hydrogen-bond acceptors (Lipinski definition) is 5. The highest BCUT2D eigenvalue weighted by molar-refractivity contribution is 8.04. The smallest absolute Gasteiger partial charge is 0.260 e. The van der Waals surface area contributed by atoms with Crippen molar-refractivity contribution in [2.75, 3.05) is 39.4 Å². The van der Waals surface area contributed by atoms with Crippen molar-refractivity contribution in [2.45, 2.75) is 49.9 Å². The molecule has 2 aliphatic heterocycles. The van der Waals surface area contributed by atoms with Crippen molar-refractivity contribution in [1.82, 2.24) is 15.1 Å². The highest BCUT2D eigenvalue weighted by Crippen LogP contribution is 2.42. The molecule has 0 aromatic heterocycles. The Morgan fingerprint density at radius 1 is 1.08 bits per heavy atom. The zero-order chi connectivity index (χ0) is 26.3. The summed E-state index contributed by atoms with van der Waals surface area (Å²) in [7, 11) is 0. The quantitative estimate of drug-likeness (QED) is 0.391. The zero-order valence-electron chi connectivity index (χ0n) is 21.7. The monoisotopic (exact) mass is 537 g/mol. The van der Waals surface area contributed by atoms with Crippen molar-refractivity contribution < 1.29 is 18.7 Å². The van der Waals surface area contributed by atoms with Gasteiger partial charge in [0.25, 0.3) is 11.8 Å². The number of amides is 2. The average molecular weight is 538 g/mol. The van der Waals surface area contributed by atoms with Crippen molar-refractivity contribution >= 4 is 29.7 Å². The van der Waals surface area contributed by atoms with E-state index in [2.05, 4.69) is 10.2 Å². The fraction of sp³-hybridized carbons (Fsp3) is 0.467. The first-order valence-corrected chi connectivity index (χ1v) is 14.6. The van der Waals surface area contributed by atoms with Crippen LogP contribution >= 0.6 is 11.8 Å². The summed E-state index contributed by atoms with van der Waals surface area (Å²) in [5, 5.41) is 3.32. The Hall–Kier alpha value is -2.68. The molecule has 0 spiro atoms. The molecule has 202 valence electrons. The number of hydrogen-bond donors (Lipinski definition) is 1.